The minimum absolute atomic E-state index is 0.0261. The SMILES string of the molecule is CCOC(=O)c1cn(CC)c2nc(C=O)ccc2c1=O. The Morgan fingerprint density at radius 1 is 1.40 bits per heavy atom. The second-order valence-electron chi connectivity index (χ2n) is 4.10. The lowest BCUT2D eigenvalue weighted by Gasteiger charge is -2.10. The first-order valence-corrected chi connectivity index (χ1v) is 6.28. The number of aldehydes is 1. The van der Waals surface area contributed by atoms with Crippen LogP contribution in [0.1, 0.15) is 34.7 Å². The van der Waals surface area contributed by atoms with Crippen molar-refractivity contribution in [2.24, 2.45) is 0 Å². The Morgan fingerprint density at radius 3 is 2.75 bits per heavy atom. The Labute approximate surface area is 115 Å². The number of rotatable bonds is 4. The molecule has 6 heteroatoms. The maximum atomic E-state index is 12.3. The lowest BCUT2D eigenvalue weighted by molar-refractivity contribution is 0.0524. The average molecular weight is 274 g/mol. The zero-order chi connectivity index (χ0) is 14.7. The van der Waals surface area contributed by atoms with Crippen molar-refractivity contribution < 1.29 is 14.3 Å². The number of pyridine rings is 2. The molecule has 6 nitrogen and oxygen atoms in total. The predicted octanol–water partition coefficient (Wildman–Crippen LogP) is 1.41. The molecule has 0 spiro atoms. The largest absolute Gasteiger partial charge is 0.462 e. The number of esters is 1. The Bertz CT molecular complexity index is 734. The van der Waals surface area contributed by atoms with Gasteiger partial charge in [-0.2, -0.15) is 0 Å². The van der Waals surface area contributed by atoms with Crippen LogP contribution < -0.4 is 5.43 Å². The number of hydrogen-bond donors (Lipinski definition) is 0. The molecule has 0 saturated carbocycles. The van der Waals surface area contributed by atoms with Gasteiger partial charge in [-0.05, 0) is 26.0 Å². The Balaban J connectivity index is 2.76. The zero-order valence-corrected chi connectivity index (χ0v) is 11.3. The molecule has 20 heavy (non-hydrogen) atoms. The fourth-order valence-corrected chi connectivity index (χ4v) is 1.94. The van der Waals surface area contributed by atoms with Crippen LogP contribution in [0.2, 0.25) is 0 Å². The van der Waals surface area contributed by atoms with E-state index in [-0.39, 0.29) is 17.9 Å². The van der Waals surface area contributed by atoms with Crippen LogP contribution in [0.4, 0.5) is 0 Å². The number of ether oxygens (including phenoxy) is 1. The topological polar surface area (TPSA) is 78.3 Å². The summed E-state index contributed by atoms with van der Waals surface area (Å²) in [6, 6.07) is 2.95. The Kier molecular flexibility index (Phi) is 3.93. The van der Waals surface area contributed by atoms with E-state index in [1.54, 1.807) is 11.5 Å². The monoisotopic (exact) mass is 274 g/mol. The average Bonchev–Trinajstić information content (AvgIpc) is 2.47. The lowest BCUT2D eigenvalue weighted by Crippen LogP contribution is -2.21. The number of nitrogens with zero attached hydrogens (tertiary/aromatic N) is 2. The molecule has 0 aromatic carbocycles. The van der Waals surface area contributed by atoms with Gasteiger partial charge in [-0.1, -0.05) is 0 Å². The van der Waals surface area contributed by atoms with E-state index in [0.29, 0.717) is 23.9 Å². The van der Waals surface area contributed by atoms with Crippen LogP contribution >= 0.6 is 0 Å². The van der Waals surface area contributed by atoms with E-state index in [0.717, 1.165) is 0 Å². The Morgan fingerprint density at radius 2 is 2.15 bits per heavy atom. The molecule has 0 fully saturated rings. The molecule has 0 N–H and O–H groups in total. The fourth-order valence-electron chi connectivity index (χ4n) is 1.94. The van der Waals surface area contributed by atoms with E-state index in [2.05, 4.69) is 4.98 Å². The standard InChI is InChI=1S/C14H14N2O4/c1-3-16-7-11(14(19)20-4-2)12(18)10-6-5-9(8-17)15-13(10)16/h5-8H,3-4H2,1-2H3. The minimum atomic E-state index is -0.652. The summed E-state index contributed by atoms with van der Waals surface area (Å²) in [5, 5.41) is 0.294. The third-order valence-electron chi connectivity index (χ3n) is 2.90. The number of fused-ring (bicyclic) bond motifs is 1. The summed E-state index contributed by atoms with van der Waals surface area (Å²) in [4.78, 5) is 38.9. The van der Waals surface area contributed by atoms with Crippen molar-refractivity contribution in [1.29, 1.82) is 0 Å². The summed E-state index contributed by atoms with van der Waals surface area (Å²) in [6.07, 6.45) is 2.04. The summed E-state index contributed by atoms with van der Waals surface area (Å²) in [5.74, 6) is -0.652. The normalized spacial score (nSPS) is 10.5. The van der Waals surface area contributed by atoms with E-state index in [4.69, 9.17) is 4.74 Å². The van der Waals surface area contributed by atoms with E-state index in [1.165, 1.54) is 18.3 Å². The third-order valence-corrected chi connectivity index (χ3v) is 2.90. The molecule has 0 atom stereocenters. The van der Waals surface area contributed by atoms with Gasteiger partial charge in [0.2, 0.25) is 5.43 Å². The molecule has 0 aliphatic heterocycles. The van der Waals surface area contributed by atoms with Gasteiger partial charge in [0.15, 0.2) is 6.29 Å². The fraction of sp³-hybridized carbons (Fsp3) is 0.286. The smallest absolute Gasteiger partial charge is 0.343 e. The first-order valence-electron chi connectivity index (χ1n) is 6.28. The first kappa shape index (κ1) is 13.9. The van der Waals surface area contributed by atoms with Crippen LogP contribution in [0.5, 0.6) is 0 Å². The van der Waals surface area contributed by atoms with E-state index < -0.39 is 11.4 Å². The first-order chi connectivity index (χ1) is 9.62. The quantitative estimate of drug-likeness (QED) is 0.622. The van der Waals surface area contributed by atoms with Crippen molar-refractivity contribution in [2.45, 2.75) is 20.4 Å². The Hall–Kier alpha value is -2.50. The van der Waals surface area contributed by atoms with Gasteiger partial charge in [0.1, 0.15) is 16.9 Å². The van der Waals surface area contributed by atoms with Crippen LogP contribution in [0, 0.1) is 0 Å². The number of hydrogen-bond acceptors (Lipinski definition) is 5. The highest BCUT2D eigenvalue weighted by Crippen LogP contribution is 2.11. The van der Waals surface area contributed by atoms with E-state index >= 15 is 0 Å². The van der Waals surface area contributed by atoms with Gasteiger partial charge in [0.25, 0.3) is 0 Å². The van der Waals surface area contributed by atoms with Crippen molar-refractivity contribution in [3.05, 3.63) is 39.8 Å². The van der Waals surface area contributed by atoms with Gasteiger partial charge < -0.3 is 9.30 Å². The van der Waals surface area contributed by atoms with Crippen LogP contribution in [-0.4, -0.2) is 28.4 Å². The van der Waals surface area contributed by atoms with Crippen molar-refractivity contribution >= 4 is 23.3 Å². The molecule has 104 valence electrons. The van der Waals surface area contributed by atoms with Crippen LogP contribution in [0.25, 0.3) is 11.0 Å². The maximum absolute atomic E-state index is 12.3. The highest BCUT2D eigenvalue weighted by Gasteiger charge is 2.16. The highest BCUT2D eigenvalue weighted by atomic mass is 16.5. The predicted molar refractivity (Wildman–Crippen MR) is 73.0 cm³/mol. The molecule has 0 unspecified atom stereocenters. The second-order valence-corrected chi connectivity index (χ2v) is 4.10. The molecular formula is C14H14N2O4. The molecule has 0 aliphatic rings. The summed E-state index contributed by atoms with van der Waals surface area (Å²) in [6.45, 7) is 4.24. The molecule has 2 heterocycles. The van der Waals surface area contributed by atoms with Gasteiger partial charge in [0, 0.05) is 12.7 Å². The summed E-state index contributed by atoms with van der Waals surface area (Å²) in [5.41, 5.74) is 0.160. The van der Waals surface area contributed by atoms with Crippen molar-refractivity contribution in [3.63, 3.8) is 0 Å². The summed E-state index contributed by atoms with van der Waals surface area (Å²) in [7, 11) is 0. The van der Waals surface area contributed by atoms with Crippen molar-refractivity contribution in [3.8, 4) is 0 Å². The summed E-state index contributed by atoms with van der Waals surface area (Å²) >= 11 is 0. The van der Waals surface area contributed by atoms with Gasteiger partial charge in [-0.15, -0.1) is 0 Å². The molecule has 2 aromatic heterocycles. The van der Waals surface area contributed by atoms with Gasteiger partial charge in [-0.3, -0.25) is 9.59 Å². The van der Waals surface area contributed by atoms with Crippen LogP contribution in [-0.2, 0) is 11.3 Å². The molecule has 0 radical (unpaired) electrons. The highest BCUT2D eigenvalue weighted by molar-refractivity contribution is 5.93. The molecule has 2 aromatic rings. The molecule has 0 amide bonds. The zero-order valence-electron chi connectivity index (χ0n) is 11.3. The number of carbonyl (C=O) groups excluding carboxylic acids is 2. The minimum Gasteiger partial charge on any atom is -0.462 e. The van der Waals surface area contributed by atoms with Gasteiger partial charge >= 0.3 is 5.97 Å². The number of aryl methyl sites for hydroxylation is 1. The third kappa shape index (κ3) is 2.32. The molecule has 0 aliphatic carbocycles. The van der Waals surface area contributed by atoms with Crippen LogP contribution in [0.15, 0.2) is 23.1 Å². The van der Waals surface area contributed by atoms with Gasteiger partial charge in [0.05, 0.1) is 12.0 Å². The second kappa shape index (κ2) is 5.64. The van der Waals surface area contributed by atoms with E-state index in [9.17, 15) is 14.4 Å². The van der Waals surface area contributed by atoms with Crippen molar-refractivity contribution in [1.82, 2.24) is 9.55 Å². The maximum Gasteiger partial charge on any atom is 0.343 e. The molecule has 0 saturated heterocycles. The molecule has 0 bridgehead atoms. The van der Waals surface area contributed by atoms with Crippen LogP contribution in [0.3, 0.4) is 0 Å². The molecular weight excluding hydrogens is 260 g/mol. The van der Waals surface area contributed by atoms with E-state index in [1.807, 2.05) is 6.92 Å². The number of aromatic nitrogens is 2. The lowest BCUT2D eigenvalue weighted by atomic mass is 10.2. The number of carbonyl (C=O) groups is 2. The summed E-state index contributed by atoms with van der Waals surface area (Å²) < 4.78 is 6.52. The van der Waals surface area contributed by atoms with Gasteiger partial charge in [-0.25, -0.2) is 9.78 Å². The van der Waals surface area contributed by atoms with Crippen molar-refractivity contribution in [2.75, 3.05) is 6.61 Å². The molecule has 2 rings (SSSR count).